The number of carbonyl (C=O) groups is 1. The maximum Gasteiger partial charge on any atom is 0.247 e. The Balaban J connectivity index is 1.63. The van der Waals surface area contributed by atoms with Gasteiger partial charge in [0.25, 0.3) is 0 Å². The molecule has 0 saturated heterocycles. The summed E-state index contributed by atoms with van der Waals surface area (Å²) in [6.07, 6.45) is 0.489. The second kappa shape index (κ2) is 8.55. The number of halogens is 1. The van der Waals surface area contributed by atoms with Crippen molar-refractivity contribution in [2.24, 2.45) is 0 Å². The van der Waals surface area contributed by atoms with E-state index in [-0.39, 0.29) is 12.3 Å². The molecule has 0 atom stereocenters. The van der Waals surface area contributed by atoms with E-state index in [4.69, 9.17) is 25.5 Å². The number of aromatic nitrogens is 2. The molecular formula is C19H18ClN3O4. The summed E-state index contributed by atoms with van der Waals surface area (Å²) in [7, 11) is 3.00. The maximum atomic E-state index is 12.3. The van der Waals surface area contributed by atoms with Gasteiger partial charge in [-0.3, -0.25) is 4.79 Å². The van der Waals surface area contributed by atoms with Crippen molar-refractivity contribution in [3.8, 4) is 23.0 Å². The predicted octanol–water partition coefficient (Wildman–Crippen LogP) is 3.98. The Morgan fingerprint density at radius 1 is 1.11 bits per heavy atom. The predicted molar refractivity (Wildman–Crippen MR) is 101 cm³/mol. The summed E-state index contributed by atoms with van der Waals surface area (Å²) >= 11 is 6.07. The molecule has 3 aromatic rings. The number of benzene rings is 2. The van der Waals surface area contributed by atoms with Gasteiger partial charge in [0.1, 0.15) is 11.5 Å². The van der Waals surface area contributed by atoms with Crippen LogP contribution in [0.3, 0.4) is 0 Å². The van der Waals surface area contributed by atoms with Crippen LogP contribution in [0.4, 0.5) is 5.69 Å². The van der Waals surface area contributed by atoms with Gasteiger partial charge in [-0.15, -0.1) is 10.2 Å². The van der Waals surface area contributed by atoms with Crippen molar-refractivity contribution in [3.63, 3.8) is 0 Å². The minimum Gasteiger partial charge on any atom is -0.495 e. The van der Waals surface area contributed by atoms with Gasteiger partial charge in [0.2, 0.25) is 17.7 Å². The van der Waals surface area contributed by atoms with E-state index < -0.39 is 0 Å². The Morgan fingerprint density at radius 3 is 2.56 bits per heavy atom. The molecule has 140 valence electrons. The fraction of sp³-hybridized carbons (Fsp3) is 0.211. The van der Waals surface area contributed by atoms with E-state index in [9.17, 15) is 4.79 Å². The second-order valence-electron chi connectivity index (χ2n) is 5.60. The lowest BCUT2D eigenvalue weighted by Gasteiger charge is -2.12. The second-order valence-corrected chi connectivity index (χ2v) is 6.01. The lowest BCUT2D eigenvalue weighted by atomic mass is 10.2. The van der Waals surface area contributed by atoms with Crippen molar-refractivity contribution in [1.29, 1.82) is 0 Å². The number of nitrogens with zero attached hydrogens (tertiary/aromatic N) is 2. The third-order valence-electron chi connectivity index (χ3n) is 3.80. The molecule has 1 N–H and O–H groups in total. The van der Waals surface area contributed by atoms with Gasteiger partial charge in [-0.1, -0.05) is 29.8 Å². The van der Waals surface area contributed by atoms with E-state index in [1.165, 1.54) is 14.2 Å². The average Bonchev–Trinajstić information content (AvgIpc) is 3.17. The first-order chi connectivity index (χ1) is 13.1. The van der Waals surface area contributed by atoms with Gasteiger partial charge < -0.3 is 19.2 Å². The summed E-state index contributed by atoms with van der Waals surface area (Å²) in [6, 6.07) is 12.6. The molecule has 7 nitrogen and oxygen atoms in total. The van der Waals surface area contributed by atoms with Crippen LogP contribution >= 0.6 is 11.6 Å². The highest BCUT2D eigenvalue weighted by atomic mass is 35.5. The van der Waals surface area contributed by atoms with Crippen LogP contribution in [0, 0.1) is 0 Å². The zero-order valence-corrected chi connectivity index (χ0v) is 15.6. The molecule has 0 radical (unpaired) electrons. The van der Waals surface area contributed by atoms with Crippen LogP contribution in [0.5, 0.6) is 11.5 Å². The van der Waals surface area contributed by atoms with Crippen LogP contribution in [0.15, 0.2) is 46.9 Å². The van der Waals surface area contributed by atoms with Gasteiger partial charge in [0.15, 0.2) is 0 Å². The summed E-state index contributed by atoms with van der Waals surface area (Å²) in [5.74, 6) is 1.48. The number of rotatable bonds is 7. The van der Waals surface area contributed by atoms with Crippen LogP contribution in [0.2, 0.25) is 5.02 Å². The molecular weight excluding hydrogens is 370 g/mol. The minimum atomic E-state index is -0.225. The maximum absolute atomic E-state index is 12.3. The van der Waals surface area contributed by atoms with Gasteiger partial charge in [-0.05, 0) is 12.1 Å². The molecule has 2 aromatic carbocycles. The van der Waals surface area contributed by atoms with Gasteiger partial charge in [0, 0.05) is 30.5 Å². The SMILES string of the molecule is COc1cc(NC(=O)CCc2nnc(-c3ccccc3)o2)c(OC)cc1Cl. The summed E-state index contributed by atoms with van der Waals surface area (Å²) < 4.78 is 16.0. The van der Waals surface area contributed by atoms with E-state index >= 15 is 0 Å². The number of anilines is 1. The van der Waals surface area contributed by atoms with Crippen LogP contribution in [-0.2, 0) is 11.2 Å². The van der Waals surface area contributed by atoms with Crippen LogP contribution in [0.25, 0.3) is 11.5 Å². The minimum absolute atomic E-state index is 0.171. The van der Waals surface area contributed by atoms with E-state index in [1.807, 2.05) is 30.3 Å². The first-order valence-corrected chi connectivity index (χ1v) is 8.57. The monoisotopic (exact) mass is 387 g/mol. The van der Waals surface area contributed by atoms with Crippen LogP contribution < -0.4 is 14.8 Å². The topological polar surface area (TPSA) is 86.5 Å². The Hall–Kier alpha value is -3.06. The first kappa shape index (κ1) is 18.7. The van der Waals surface area contributed by atoms with Crippen molar-refractivity contribution in [1.82, 2.24) is 10.2 Å². The number of aryl methyl sites for hydroxylation is 1. The van der Waals surface area contributed by atoms with Crippen molar-refractivity contribution < 1.29 is 18.7 Å². The first-order valence-electron chi connectivity index (χ1n) is 8.20. The Morgan fingerprint density at radius 2 is 1.85 bits per heavy atom. The molecule has 0 aliphatic rings. The lowest BCUT2D eigenvalue weighted by molar-refractivity contribution is -0.116. The Kier molecular flexibility index (Phi) is 5.93. The fourth-order valence-electron chi connectivity index (χ4n) is 2.44. The Labute approximate surface area is 161 Å². The van der Waals surface area contributed by atoms with Gasteiger partial charge in [-0.25, -0.2) is 0 Å². The highest BCUT2D eigenvalue weighted by molar-refractivity contribution is 6.32. The van der Waals surface area contributed by atoms with E-state index in [0.717, 1.165) is 5.56 Å². The van der Waals surface area contributed by atoms with Crippen molar-refractivity contribution >= 4 is 23.2 Å². The number of carbonyl (C=O) groups excluding carboxylic acids is 1. The molecule has 8 heteroatoms. The molecule has 0 aliphatic heterocycles. The summed E-state index contributed by atoms with van der Waals surface area (Å²) in [5.41, 5.74) is 1.30. The Bertz CT molecular complexity index is 928. The van der Waals surface area contributed by atoms with E-state index in [1.54, 1.807) is 12.1 Å². The van der Waals surface area contributed by atoms with E-state index in [0.29, 0.717) is 40.4 Å². The zero-order chi connectivity index (χ0) is 19.2. The molecule has 0 bridgehead atoms. The summed E-state index contributed by atoms with van der Waals surface area (Å²) in [6.45, 7) is 0. The zero-order valence-electron chi connectivity index (χ0n) is 14.9. The number of hydrogen-bond donors (Lipinski definition) is 1. The molecule has 0 unspecified atom stereocenters. The standard InChI is InChI=1S/C19H18ClN3O4/c1-25-15-11-14(16(26-2)10-13(15)20)21-17(24)8-9-18-22-23-19(27-18)12-6-4-3-5-7-12/h3-7,10-11H,8-9H2,1-2H3,(H,21,24). The summed E-state index contributed by atoms with van der Waals surface area (Å²) in [4.78, 5) is 12.3. The third-order valence-corrected chi connectivity index (χ3v) is 4.10. The van der Waals surface area contributed by atoms with Gasteiger partial charge in [0.05, 0.1) is 24.9 Å². The van der Waals surface area contributed by atoms with E-state index in [2.05, 4.69) is 15.5 Å². The quantitative estimate of drug-likeness (QED) is 0.659. The number of hydrogen-bond acceptors (Lipinski definition) is 6. The molecule has 27 heavy (non-hydrogen) atoms. The molecule has 0 saturated carbocycles. The van der Waals surface area contributed by atoms with Gasteiger partial charge >= 0.3 is 0 Å². The fourth-order valence-corrected chi connectivity index (χ4v) is 2.67. The molecule has 0 spiro atoms. The van der Waals surface area contributed by atoms with Crippen LogP contribution in [0.1, 0.15) is 12.3 Å². The van der Waals surface area contributed by atoms with Crippen molar-refractivity contribution in [3.05, 3.63) is 53.4 Å². The number of amides is 1. The highest BCUT2D eigenvalue weighted by Gasteiger charge is 2.14. The lowest BCUT2D eigenvalue weighted by Crippen LogP contribution is -2.13. The summed E-state index contributed by atoms with van der Waals surface area (Å²) in [5, 5.41) is 11.2. The largest absolute Gasteiger partial charge is 0.495 e. The highest BCUT2D eigenvalue weighted by Crippen LogP contribution is 2.35. The smallest absolute Gasteiger partial charge is 0.247 e. The molecule has 3 rings (SSSR count). The third kappa shape index (κ3) is 4.57. The number of nitrogens with one attached hydrogen (secondary N) is 1. The molecule has 1 amide bonds. The average molecular weight is 388 g/mol. The van der Waals surface area contributed by atoms with Crippen molar-refractivity contribution in [2.75, 3.05) is 19.5 Å². The molecule has 0 aliphatic carbocycles. The number of methoxy groups -OCH3 is 2. The normalized spacial score (nSPS) is 10.5. The van der Waals surface area contributed by atoms with Crippen LogP contribution in [-0.4, -0.2) is 30.3 Å². The van der Waals surface area contributed by atoms with Gasteiger partial charge in [-0.2, -0.15) is 0 Å². The molecule has 1 aromatic heterocycles. The molecule has 1 heterocycles. The number of ether oxygens (including phenoxy) is 2. The van der Waals surface area contributed by atoms with Crippen molar-refractivity contribution in [2.45, 2.75) is 12.8 Å². The molecule has 0 fully saturated rings.